The molecule has 0 saturated heterocycles. The third-order valence-corrected chi connectivity index (χ3v) is 4.57. The predicted molar refractivity (Wildman–Crippen MR) is 107 cm³/mol. The number of ether oxygens (including phenoxy) is 1. The molecule has 5 nitrogen and oxygen atoms in total. The molecule has 1 aliphatic rings. The molecule has 2 rings (SSSR count). The normalized spacial score (nSPS) is 14.9. The SMILES string of the molecule is C=C(C)Nc1cc(OCC(=O)O)ccc1N(CC(C)C)C1CCCCC1. The van der Waals surface area contributed by atoms with E-state index in [1.165, 1.54) is 32.1 Å². The number of benzene rings is 1. The van der Waals surface area contributed by atoms with Crippen LogP contribution in [-0.4, -0.2) is 30.3 Å². The highest BCUT2D eigenvalue weighted by molar-refractivity contribution is 5.74. The third kappa shape index (κ3) is 5.97. The van der Waals surface area contributed by atoms with Crippen molar-refractivity contribution in [3.05, 3.63) is 30.5 Å². The van der Waals surface area contributed by atoms with Crippen molar-refractivity contribution in [2.75, 3.05) is 23.4 Å². The lowest BCUT2D eigenvalue weighted by Gasteiger charge is -2.38. The van der Waals surface area contributed by atoms with Crippen LogP contribution in [0.5, 0.6) is 5.75 Å². The van der Waals surface area contributed by atoms with Gasteiger partial charge in [-0.2, -0.15) is 0 Å². The van der Waals surface area contributed by atoms with Crippen molar-refractivity contribution in [2.24, 2.45) is 5.92 Å². The molecule has 1 saturated carbocycles. The van der Waals surface area contributed by atoms with E-state index in [1.54, 1.807) is 0 Å². The van der Waals surface area contributed by atoms with E-state index < -0.39 is 5.97 Å². The minimum absolute atomic E-state index is 0.343. The number of rotatable bonds is 9. The topological polar surface area (TPSA) is 61.8 Å². The van der Waals surface area contributed by atoms with Gasteiger partial charge in [-0.05, 0) is 37.8 Å². The largest absolute Gasteiger partial charge is 0.482 e. The molecule has 5 heteroatoms. The maximum absolute atomic E-state index is 10.8. The summed E-state index contributed by atoms with van der Waals surface area (Å²) in [5, 5.41) is 12.2. The number of carboxylic acids is 1. The first-order valence-corrected chi connectivity index (χ1v) is 9.54. The molecule has 1 fully saturated rings. The van der Waals surface area contributed by atoms with E-state index in [0.29, 0.717) is 17.7 Å². The van der Waals surface area contributed by atoms with Gasteiger partial charge in [0.2, 0.25) is 0 Å². The van der Waals surface area contributed by atoms with E-state index in [0.717, 1.165) is 23.6 Å². The van der Waals surface area contributed by atoms with E-state index in [-0.39, 0.29) is 6.61 Å². The molecule has 0 radical (unpaired) electrons. The zero-order valence-corrected chi connectivity index (χ0v) is 16.3. The Bertz CT molecular complexity index is 622. The van der Waals surface area contributed by atoms with E-state index >= 15 is 0 Å². The summed E-state index contributed by atoms with van der Waals surface area (Å²) in [6, 6.07) is 6.32. The maximum atomic E-state index is 10.8. The standard InChI is InChI=1S/C21H32N2O3/c1-15(2)13-23(17-8-6-5-7-9-17)20-11-10-18(26-14-21(24)25)12-19(20)22-16(3)4/h10-12,15,17,22H,3,5-9,13-14H2,1-2,4H3,(H,24,25). The molecule has 2 N–H and O–H groups in total. The zero-order chi connectivity index (χ0) is 19.1. The van der Waals surface area contributed by atoms with Crippen LogP contribution in [0.25, 0.3) is 0 Å². The Kier molecular flexibility index (Phi) is 7.37. The van der Waals surface area contributed by atoms with Gasteiger partial charge in [0.25, 0.3) is 0 Å². The van der Waals surface area contributed by atoms with Gasteiger partial charge in [0.15, 0.2) is 6.61 Å². The summed E-state index contributed by atoms with van der Waals surface area (Å²) in [5.41, 5.74) is 2.90. The van der Waals surface area contributed by atoms with E-state index in [1.807, 2.05) is 25.1 Å². The van der Waals surface area contributed by atoms with Crippen LogP contribution in [0, 0.1) is 5.92 Å². The molecule has 26 heavy (non-hydrogen) atoms. The van der Waals surface area contributed by atoms with Gasteiger partial charge in [0, 0.05) is 24.4 Å². The number of aliphatic carboxylic acids is 1. The van der Waals surface area contributed by atoms with Crippen LogP contribution in [-0.2, 0) is 4.79 Å². The summed E-state index contributed by atoms with van der Waals surface area (Å²) < 4.78 is 5.36. The van der Waals surface area contributed by atoms with Gasteiger partial charge in [0.05, 0.1) is 11.4 Å². The minimum Gasteiger partial charge on any atom is -0.482 e. The molecule has 1 aromatic carbocycles. The molecule has 0 atom stereocenters. The molecule has 1 aliphatic carbocycles. The Morgan fingerprint density at radius 1 is 1.35 bits per heavy atom. The number of anilines is 2. The molecule has 0 bridgehead atoms. The number of nitrogens with zero attached hydrogens (tertiary/aromatic N) is 1. The lowest BCUT2D eigenvalue weighted by molar-refractivity contribution is -0.139. The molecule has 0 unspecified atom stereocenters. The van der Waals surface area contributed by atoms with Crippen molar-refractivity contribution in [2.45, 2.75) is 58.9 Å². The van der Waals surface area contributed by atoms with Crippen molar-refractivity contribution in [1.29, 1.82) is 0 Å². The number of carbonyl (C=O) groups is 1. The molecule has 144 valence electrons. The van der Waals surface area contributed by atoms with E-state index in [4.69, 9.17) is 9.84 Å². The second-order valence-electron chi connectivity index (χ2n) is 7.60. The van der Waals surface area contributed by atoms with Gasteiger partial charge in [-0.1, -0.05) is 39.7 Å². The van der Waals surface area contributed by atoms with Crippen molar-refractivity contribution < 1.29 is 14.6 Å². The fraction of sp³-hybridized carbons (Fsp3) is 0.571. The van der Waals surface area contributed by atoms with Gasteiger partial charge in [0.1, 0.15) is 5.75 Å². The lowest BCUT2D eigenvalue weighted by Crippen LogP contribution is -2.39. The quantitative estimate of drug-likeness (QED) is 0.656. The molecule has 0 spiro atoms. The van der Waals surface area contributed by atoms with Crippen LogP contribution < -0.4 is 15.0 Å². The van der Waals surface area contributed by atoms with Crippen LogP contribution >= 0.6 is 0 Å². The number of nitrogens with one attached hydrogen (secondary N) is 1. The summed E-state index contributed by atoms with van der Waals surface area (Å²) >= 11 is 0. The maximum Gasteiger partial charge on any atom is 0.341 e. The summed E-state index contributed by atoms with van der Waals surface area (Å²) in [4.78, 5) is 13.3. The highest BCUT2D eigenvalue weighted by Gasteiger charge is 2.24. The fourth-order valence-corrected chi connectivity index (χ4v) is 3.56. The van der Waals surface area contributed by atoms with E-state index in [9.17, 15) is 4.79 Å². The third-order valence-electron chi connectivity index (χ3n) is 4.57. The van der Waals surface area contributed by atoms with E-state index in [2.05, 4.69) is 30.6 Å². The van der Waals surface area contributed by atoms with Crippen molar-refractivity contribution >= 4 is 17.3 Å². The molecule has 0 aromatic heterocycles. The Balaban J connectivity index is 2.34. The Hall–Kier alpha value is -2.17. The predicted octanol–water partition coefficient (Wildman–Crippen LogP) is 4.89. The molecule has 0 amide bonds. The summed E-state index contributed by atoms with van der Waals surface area (Å²) in [7, 11) is 0. The molecule has 1 aromatic rings. The highest BCUT2D eigenvalue weighted by atomic mass is 16.5. The average molecular weight is 360 g/mol. The number of allylic oxidation sites excluding steroid dienone is 1. The van der Waals surface area contributed by atoms with Crippen molar-refractivity contribution in [1.82, 2.24) is 0 Å². The van der Waals surface area contributed by atoms with Crippen LogP contribution in [0.15, 0.2) is 30.5 Å². The molecule has 0 aliphatic heterocycles. The van der Waals surface area contributed by atoms with Crippen molar-refractivity contribution in [3.63, 3.8) is 0 Å². The van der Waals surface area contributed by atoms with Crippen molar-refractivity contribution in [3.8, 4) is 5.75 Å². The number of carboxylic acid groups (broad SMARTS) is 1. The summed E-state index contributed by atoms with van der Waals surface area (Å²) in [6.45, 7) is 11.0. The number of hydrogen-bond donors (Lipinski definition) is 2. The second-order valence-corrected chi connectivity index (χ2v) is 7.60. The second kappa shape index (κ2) is 9.51. The smallest absolute Gasteiger partial charge is 0.341 e. The Morgan fingerprint density at radius 2 is 2.04 bits per heavy atom. The van der Waals surface area contributed by atoms with Gasteiger partial charge < -0.3 is 20.1 Å². The van der Waals surface area contributed by atoms with Gasteiger partial charge >= 0.3 is 5.97 Å². The van der Waals surface area contributed by atoms with Gasteiger partial charge in [-0.15, -0.1) is 0 Å². The van der Waals surface area contributed by atoms with Crippen LogP contribution in [0.3, 0.4) is 0 Å². The van der Waals surface area contributed by atoms with Crippen LogP contribution in [0.1, 0.15) is 52.9 Å². The highest BCUT2D eigenvalue weighted by Crippen LogP contribution is 2.36. The monoisotopic (exact) mass is 360 g/mol. The van der Waals surface area contributed by atoms with Gasteiger partial charge in [-0.3, -0.25) is 0 Å². The minimum atomic E-state index is -0.980. The fourth-order valence-electron chi connectivity index (χ4n) is 3.56. The Labute approximate surface area is 157 Å². The summed E-state index contributed by atoms with van der Waals surface area (Å²) in [5.74, 6) is 0.123. The molecule has 0 heterocycles. The first-order chi connectivity index (χ1) is 12.4. The zero-order valence-electron chi connectivity index (χ0n) is 16.3. The lowest BCUT2D eigenvalue weighted by atomic mass is 9.93. The van der Waals surface area contributed by atoms with Gasteiger partial charge in [-0.25, -0.2) is 4.79 Å². The Morgan fingerprint density at radius 3 is 2.62 bits per heavy atom. The molecular formula is C21H32N2O3. The number of hydrogen-bond acceptors (Lipinski definition) is 4. The van der Waals surface area contributed by atoms with Crippen LogP contribution in [0.4, 0.5) is 11.4 Å². The first kappa shape index (κ1) is 20.1. The molecular weight excluding hydrogens is 328 g/mol. The average Bonchev–Trinajstić information content (AvgIpc) is 2.58. The first-order valence-electron chi connectivity index (χ1n) is 9.54. The van der Waals surface area contributed by atoms with Crippen LogP contribution in [0.2, 0.25) is 0 Å². The summed E-state index contributed by atoms with van der Waals surface area (Å²) in [6.07, 6.45) is 6.32.